The minimum Gasteiger partial charge on any atom is -0.490 e. The van der Waals surface area contributed by atoms with E-state index in [0.29, 0.717) is 36.0 Å². The summed E-state index contributed by atoms with van der Waals surface area (Å²) in [5.74, 6) is 0.337. The van der Waals surface area contributed by atoms with Crippen LogP contribution in [-0.2, 0) is 17.8 Å². The van der Waals surface area contributed by atoms with Crippen LogP contribution >= 0.6 is 39.9 Å². The zero-order chi connectivity index (χ0) is 25.7. The first-order valence-electron chi connectivity index (χ1n) is 11.2. The number of thiocarbonyl (C=S) groups is 1. The lowest BCUT2D eigenvalue weighted by atomic mass is 10.0. The standard InChI is InChI=1S/C28H23BrFNO3S2/c1-3-7-20-14-19(15-24(33-4-2)26(20)34-17-18-10-12-21(29)13-11-18)16-25-27(32)31(28(35)36-25)23-9-6-5-8-22(23)30/h3,5-6,8-16H,1,4,7,17H2,2H3/b25-16+. The Morgan fingerprint density at radius 1 is 1.14 bits per heavy atom. The van der Waals surface area contributed by atoms with Crippen LogP contribution in [0.25, 0.3) is 6.08 Å². The highest BCUT2D eigenvalue weighted by molar-refractivity contribution is 9.10. The van der Waals surface area contributed by atoms with Crippen molar-refractivity contribution in [3.8, 4) is 11.5 Å². The van der Waals surface area contributed by atoms with Crippen molar-refractivity contribution in [3.63, 3.8) is 0 Å². The Morgan fingerprint density at radius 2 is 1.89 bits per heavy atom. The van der Waals surface area contributed by atoms with Crippen LogP contribution in [0.15, 0.2) is 82.7 Å². The fourth-order valence-electron chi connectivity index (χ4n) is 3.70. The van der Waals surface area contributed by atoms with Gasteiger partial charge in [0.25, 0.3) is 5.91 Å². The highest BCUT2D eigenvalue weighted by Crippen LogP contribution is 2.39. The van der Waals surface area contributed by atoms with E-state index in [-0.39, 0.29) is 15.9 Å². The number of amides is 1. The monoisotopic (exact) mass is 583 g/mol. The number of para-hydroxylation sites is 1. The van der Waals surface area contributed by atoms with Crippen LogP contribution in [-0.4, -0.2) is 16.8 Å². The minimum absolute atomic E-state index is 0.141. The zero-order valence-electron chi connectivity index (χ0n) is 19.5. The predicted octanol–water partition coefficient (Wildman–Crippen LogP) is 7.70. The molecule has 3 aromatic carbocycles. The van der Waals surface area contributed by atoms with Gasteiger partial charge in [-0.05, 0) is 66.9 Å². The van der Waals surface area contributed by atoms with E-state index in [1.807, 2.05) is 43.3 Å². The number of hydrogen-bond acceptors (Lipinski definition) is 5. The van der Waals surface area contributed by atoms with E-state index in [9.17, 15) is 9.18 Å². The molecule has 4 rings (SSSR count). The summed E-state index contributed by atoms with van der Waals surface area (Å²) in [6.45, 7) is 6.59. The van der Waals surface area contributed by atoms with Gasteiger partial charge in [0.15, 0.2) is 15.8 Å². The van der Waals surface area contributed by atoms with Gasteiger partial charge in [0.2, 0.25) is 0 Å². The maximum absolute atomic E-state index is 14.4. The first kappa shape index (κ1) is 26.1. The van der Waals surface area contributed by atoms with E-state index >= 15 is 0 Å². The third kappa shape index (κ3) is 5.88. The molecule has 4 nitrogen and oxygen atoms in total. The Morgan fingerprint density at radius 3 is 2.58 bits per heavy atom. The summed E-state index contributed by atoms with van der Waals surface area (Å²) in [5, 5.41) is 0. The molecule has 0 aliphatic carbocycles. The van der Waals surface area contributed by atoms with Crippen LogP contribution < -0.4 is 14.4 Å². The molecule has 0 unspecified atom stereocenters. The first-order chi connectivity index (χ1) is 17.4. The van der Waals surface area contributed by atoms with Gasteiger partial charge in [-0.15, -0.1) is 6.58 Å². The van der Waals surface area contributed by atoms with Crippen LogP contribution in [0.4, 0.5) is 10.1 Å². The molecule has 184 valence electrons. The van der Waals surface area contributed by atoms with Crippen molar-refractivity contribution in [2.75, 3.05) is 11.5 Å². The van der Waals surface area contributed by atoms with Gasteiger partial charge in [0, 0.05) is 10.0 Å². The van der Waals surface area contributed by atoms with E-state index in [2.05, 4.69) is 22.5 Å². The fraction of sp³-hybridized carbons (Fsp3) is 0.143. The molecule has 0 spiro atoms. The van der Waals surface area contributed by atoms with E-state index in [1.165, 1.54) is 17.0 Å². The third-order valence-electron chi connectivity index (χ3n) is 5.30. The summed E-state index contributed by atoms with van der Waals surface area (Å²) in [6, 6.07) is 17.8. The number of allylic oxidation sites excluding steroid dienone is 1. The molecule has 3 aromatic rings. The number of benzene rings is 3. The number of ether oxygens (including phenoxy) is 2. The molecule has 1 heterocycles. The predicted molar refractivity (Wildman–Crippen MR) is 152 cm³/mol. The second-order valence-corrected chi connectivity index (χ2v) is 10.4. The number of anilines is 1. The molecule has 0 N–H and O–H groups in total. The minimum atomic E-state index is -0.505. The molecule has 1 aliphatic heterocycles. The number of nitrogens with zero attached hydrogens (tertiary/aromatic N) is 1. The van der Waals surface area contributed by atoms with Gasteiger partial charge in [-0.25, -0.2) is 4.39 Å². The van der Waals surface area contributed by atoms with Crippen molar-refractivity contribution in [3.05, 3.63) is 105 Å². The topological polar surface area (TPSA) is 38.8 Å². The number of hydrogen-bond donors (Lipinski definition) is 0. The molecule has 0 bridgehead atoms. The summed E-state index contributed by atoms with van der Waals surface area (Å²) >= 11 is 9.98. The lowest BCUT2D eigenvalue weighted by Gasteiger charge is -2.17. The molecule has 1 aliphatic rings. The second-order valence-electron chi connectivity index (χ2n) is 7.82. The molecule has 0 saturated carbocycles. The summed E-state index contributed by atoms with van der Waals surface area (Å²) in [5.41, 5.74) is 2.79. The second kappa shape index (κ2) is 11.9. The first-order valence-corrected chi connectivity index (χ1v) is 13.2. The fourth-order valence-corrected chi connectivity index (χ4v) is 5.25. The van der Waals surface area contributed by atoms with Gasteiger partial charge in [-0.1, -0.05) is 70.3 Å². The maximum atomic E-state index is 14.4. The Hall–Kier alpha value is -2.94. The van der Waals surface area contributed by atoms with Crippen molar-refractivity contribution in [1.29, 1.82) is 0 Å². The summed E-state index contributed by atoms with van der Waals surface area (Å²) < 4.78 is 27.7. The van der Waals surface area contributed by atoms with E-state index in [4.69, 9.17) is 21.7 Å². The molecule has 8 heteroatoms. The molecular weight excluding hydrogens is 561 g/mol. The third-order valence-corrected chi connectivity index (χ3v) is 7.13. The largest absolute Gasteiger partial charge is 0.490 e. The lowest BCUT2D eigenvalue weighted by molar-refractivity contribution is -0.113. The molecule has 1 fully saturated rings. The number of carbonyl (C=O) groups is 1. The molecular formula is C28H23BrFNO3S2. The number of rotatable bonds is 9. The number of carbonyl (C=O) groups excluding carboxylic acids is 1. The van der Waals surface area contributed by atoms with Crippen LogP contribution in [0, 0.1) is 5.82 Å². The normalized spacial score (nSPS) is 14.4. The Bertz CT molecular complexity index is 1340. The van der Waals surface area contributed by atoms with Crippen LogP contribution in [0.1, 0.15) is 23.6 Å². The van der Waals surface area contributed by atoms with Gasteiger partial charge in [-0.3, -0.25) is 9.69 Å². The van der Waals surface area contributed by atoms with Gasteiger partial charge in [-0.2, -0.15) is 0 Å². The van der Waals surface area contributed by atoms with Crippen LogP contribution in [0.2, 0.25) is 0 Å². The smallest absolute Gasteiger partial charge is 0.270 e. The SMILES string of the molecule is C=CCc1cc(/C=C2/SC(=S)N(c3ccccc3F)C2=O)cc(OCC)c1OCc1ccc(Br)cc1. The van der Waals surface area contributed by atoms with Crippen LogP contribution in [0.3, 0.4) is 0 Å². The maximum Gasteiger partial charge on any atom is 0.270 e. The zero-order valence-corrected chi connectivity index (χ0v) is 22.7. The highest BCUT2D eigenvalue weighted by Gasteiger charge is 2.34. The molecule has 1 saturated heterocycles. The Balaban J connectivity index is 1.67. The average Bonchev–Trinajstić information content (AvgIpc) is 3.13. The van der Waals surface area contributed by atoms with E-state index < -0.39 is 5.82 Å². The quantitative estimate of drug-likeness (QED) is 0.146. The van der Waals surface area contributed by atoms with Crippen molar-refractivity contribution >= 4 is 61.9 Å². The van der Waals surface area contributed by atoms with Gasteiger partial charge in [0.1, 0.15) is 12.4 Å². The molecule has 1 amide bonds. The Kier molecular flexibility index (Phi) is 8.61. The van der Waals surface area contributed by atoms with Gasteiger partial charge >= 0.3 is 0 Å². The number of halogens is 2. The van der Waals surface area contributed by atoms with E-state index in [1.54, 1.807) is 24.3 Å². The lowest BCUT2D eigenvalue weighted by Crippen LogP contribution is -2.28. The Labute approximate surface area is 227 Å². The molecule has 0 radical (unpaired) electrons. The summed E-state index contributed by atoms with van der Waals surface area (Å²) in [4.78, 5) is 14.8. The molecule has 36 heavy (non-hydrogen) atoms. The van der Waals surface area contributed by atoms with Gasteiger partial charge in [0.05, 0.1) is 17.2 Å². The number of thioether (sulfide) groups is 1. The summed E-state index contributed by atoms with van der Waals surface area (Å²) in [7, 11) is 0. The van der Waals surface area contributed by atoms with Crippen molar-refractivity contribution in [1.82, 2.24) is 0 Å². The highest BCUT2D eigenvalue weighted by atomic mass is 79.9. The van der Waals surface area contributed by atoms with Crippen molar-refractivity contribution in [2.45, 2.75) is 20.0 Å². The van der Waals surface area contributed by atoms with E-state index in [0.717, 1.165) is 32.9 Å². The molecule has 0 aromatic heterocycles. The van der Waals surface area contributed by atoms with Crippen LogP contribution in [0.5, 0.6) is 11.5 Å². The van der Waals surface area contributed by atoms with Crippen molar-refractivity contribution in [2.24, 2.45) is 0 Å². The molecule has 0 atom stereocenters. The van der Waals surface area contributed by atoms with Gasteiger partial charge < -0.3 is 9.47 Å². The average molecular weight is 585 g/mol. The summed E-state index contributed by atoms with van der Waals surface area (Å²) in [6.07, 6.45) is 4.08. The van der Waals surface area contributed by atoms with Crippen molar-refractivity contribution < 1.29 is 18.7 Å².